The van der Waals surface area contributed by atoms with Gasteiger partial charge in [-0.25, -0.2) is 0 Å². The van der Waals surface area contributed by atoms with E-state index in [1.54, 1.807) is 24.3 Å². The second kappa shape index (κ2) is 3.57. The van der Waals surface area contributed by atoms with E-state index in [-0.39, 0.29) is 5.69 Å². The van der Waals surface area contributed by atoms with Crippen molar-refractivity contribution in [3.05, 3.63) is 52.1 Å². The van der Waals surface area contributed by atoms with Crippen LogP contribution in [0.1, 0.15) is 5.56 Å². The van der Waals surface area contributed by atoms with Gasteiger partial charge in [0.05, 0.1) is 22.6 Å². The molecule has 0 aliphatic heterocycles. The van der Waals surface area contributed by atoms with Crippen molar-refractivity contribution < 1.29 is 9.34 Å². The molecule has 0 bridgehead atoms. The van der Waals surface area contributed by atoms with Gasteiger partial charge in [0, 0.05) is 16.8 Å². The summed E-state index contributed by atoms with van der Waals surface area (Å²) in [4.78, 5) is 10.2. The Morgan fingerprint density at radius 3 is 2.67 bits per heavy atom. The molecule has 0 spiro atoms. The van der Waals surface area contributed by atoms with E-state index in [0.717, 1.165) is 10.8 Å². The molecule has 3 aromatic rings. The highest BCUT2D eigenvalue weighted by molar-refractivity contribution is 6.05. The average molecular weight is 238 g/mol. The minimum atomic E-state index is -0.465. The van der Waals surface area contributed by atoms with Gasteiger partial charge in [-0.05, 0) is 24.3 Å². The summed E-state index contributed by atoms with van der Waals surface area (Å²) in [6, 6.07) is 11.6. The lowest BCUT2D eigenvalue weighted by Crippen LogP contribution is -1.85. The van der Waals surface area contributed by atoms with Gasteiger partial charge in [-0.2, -0.15) is 5.26 Å². The fraction of sp³-hybridized carbons (Fsp3) is 0. The van der Waals surface area contributed by atoms with Crippen molar-refractivity contribution in [2.24, 2.45) is 0 Å². The summed E-state index contributed by atoms with van der Waals surface area (Å²) in [5, 5.41) is 21.1. The number of hydrogen-bond donors (Lipinski definition) is 0. The Morgan fingerprint density at radius 2 is 1.94 bits per heavy atom. The van der Waals surface area contributed by atoms with Gasteiger partial charge < -0.3 is 4.42 Å². The Morgan fingerprint density at radius 1 is 1.11 bits per heavy atom. The predicted molar refractivity (Wildman–Crippen MR) is 65.1 cm³/mol. The van der Waals surface area contributed by atoms with Crippen LogP contribution in [0.3, 0.4) is 0 Å². The molecule has 0 aliphatic carbocycles. The van der Waals surface area contributed by atoms with Gasteiger partial charge in [-0.15, -0.1) is 0 Å². The molecule has 3 rings (SSSR count). The summed E-state index contributed by atoms with van der Waals surface area (Å²) in [5.74, 6) is 0. The number of benzene rings is 2. The molecule has 0 aliphatic rings. The molecule has 18 heavy (non-hydrogen) atoms. The third-order valence-corrected chi connectivity index (χ3v) is 2.79. The first kappa shape index (κ1) is 10.3. The summed E-state index contributed by atoms with van der Waals surface area (Å²) < 4.78 is 5.53. The lowest BCUT2D eigenvalue weighted by atomic mass is 10.1. The minimum Gasteiger partial charge on any atom is -0.456 e. The van der Waals surface area contributed by atoms with Crippen LogP contribution in [0, 0.1) is 21.4 Å². The van der Waals surface area contributed by atoms with Crippen molar-refractivity contribution >= 4 is 27.6 Å². The topological polar surface area (TPSA) is 80.1 Å². The van der Waals surface area contributed by atoms with Crippen molar-refractivity contribution in [3.8, 4) is 6.07 Å². The van der Waals surface area contributed by atoms with Gasteiger partial charge in [-0.1, -0.05) is 0 Å². The van der Waals surface area contributed by atoms with E-state index in [2.05, 4.69) is 6.07 Å². The molecule has 0 atom stereocenters. The first-order valence-electron chi connectivity index (χ1n) is 5.20. The maximum absolute atomic E-state index is 10.7. The molecule has 0 saturated carbocycles. The van der Waals surface area contributed by atoms with E-state index in [4.69, 9.17) is 9.68 Å². The summed E-state index contributed by atoms with van der Waals surface area (Å²) in [6.45, 7) is 0. The zero-order valence-corrected chi connectivity index (χ0v) is 9.08. The highest BCUT2D eigenvalue weighted by Gasteiger charge is 2.12. The Labute approximate surface area is 101 Å². The lowest BCUT2D eigenvalue weighted by molar-refractivity contribution is -0.384. The highest BCUT2D eigenvalue weighted by atomic mass is 16.6. The molecule has 5 heteroatoms. The van der Waals surface area contributed by atoms with Crippen LogP contribution >= 0.6 is 0 Å². The number of nitrogens with zero attached hydrogens (tertiary/aromatic N) is 2. The van der Waals surface area contributed by atoms with Crippen molar-refractivity contribution in [1.82, 2.24) is 0 Å². The monoisotopic (exact) mass is 238 g/mol. The smallest absolute Gasteiger partial charge is 0.273 e. The zero-order valence-electron chi connectivity index (χ0n) is 9.08. The zero-order chi connectivity index (χ0) is 12.7. The van der Waals surface area contributed by atoms with E-state index >= 15 is 0 Å². The van der Waals surface area contributed by atoms with Crippen LogP contribution in [0.5, 0.6) is 0 Å². The number of non-ortho nitro benzene ring substituents is 1. The fourth-order valence-corrected chi connectivity index (χ4v) is 1.95. The highest BCUT2D eigenvalue weighted by Crippen LogP contribution is 2.31. The summed E-state index contributed by atoms with van der Waals surface area (Å²) >= 11 is 0. The second-order valence-corrected chi connectivity index (χ2v) is 3.86. The molecule has 1 aromatic heterocycles. The number of nitro groups is 1. The van der Waals surface area contributed by atoms with Crippen LogP contribution in [0.4, 0.5) is 5.69 Å². The van der Waals surface area contributed by atoms with Gasteiger partial charge in [0.1, 0.15) is 11.2 Å². The van der Waals surface area contributed by atoms with Crippen LogP contribution in [-0.2, 0) is 0 Å². The Bertz CT molecular complexity index is 827. The third kappa shape index (κ3) is 1.40. The SMILES string of the molecule is N#Cc1ccc2oc3cc([N+](=O)[O-])ccc3c2c1. The van der Waals surface area contributed by atoms with Gasteiger partial charge in [-0.3, -0.25) is 10.1 Å². The summed E-state index contributed by atoms with van der Waals surface area (Å²) in [7, 11) is 0. The minimum absolute atomic E-state index is 0.0120. The van der Waals surface area contributed by atoms with Crippen molar-refractivity contribution in [1.29, 1.82) is 5.26 Å². The van der Waals surface area contributed by atoms with Crippen LogP contribution in [-0.4, -0.2) is 4.92 Å². The molecule has 5 nitrogen and oxygen atoms in total. The van der Waals surface area contributed by atoms with Gasteiger partial charge in [0.2, 0.25) is 0 Å². The third-order valence-electron chi connectivity index (χ3n) is 2.79. The predicted octanol–water partition coefficient (Wildman–Crippen LogP) is 3.37. The number of fused-ring (bicyclic) bond motifs is 3. The number of nitriles is 1. The van der Waals surface area contributed by atoms with Gasteiger partial charge in [0.25, 0.3) is 5.69 Å². The summed E-state index contributed by atoms with van der Waals surface area (Å²) in [6.07, 6.45) is 0. The summed E-state index contributed by atoms with van der Waals surface area (Å²) in [5.41, 5.74) is 1.59. The largest absolute Gasteiger partial charge is 0.456 e. The van der Waals surface area contributed by atoms with E-state index in [9.17, 15) is 10.1 Å². The number of hydrogen-bond acceptors (Lipinski definition) is 4. The van der Waals surface area contributed by atoms with Crippen LogP contribution < -0.4 is 0 Å². The van der Waals surface area contributed by atoms with Crippen molar-refractivity contribution in [2.75, 3.05) is 0 Å². The molecule has 0 radical (unpaired) electrons. The molecule has 86 valence electrons. The number of furan rings is 1. The molecule has 0 unspecified atom stereocenters. The van der Waals surface area contributed by atoms with E-state index in [1.807, 2.05) is 0 Å². The molecule has 0 N–H and O–H groups in total. The second-order valence-electron chi connectivity index (χ2n) is 3.86. The molecule has 1 heterocycles. The van der Waals surface area contributed by atoms with Crippen LogP contribution in [0.25, 0.3) is 21.9 Å². The Hall–Kier alpha value is -2.87. The molecule has 0 saturated heterocycles. The maximum Gasteiger partial charge on any atom is 0.273 e. The van der Waals surface area contributed by atoms with Crippen molar-refractivity contribution in [3.63, 3.8) is 0 Å². The van der Waals surface area contributed by atoms with E-state index in [1.165, 1.54) is 12.1 Å². The molecule has 2 aromatic carbocycles. The quantitative estimate of drug-likeness (QED) is 0.480. The van der Waals surface area contributed by atoms with Crippen molar-refractivity contribution in [2.45, 2.75) is 0 Å². The first-order chi connectivity index (χ1) is 8.69. The van der Waals surface area contributed by atoms with Crippen LogP contribution in [0.2, 0.25) is 0 Å². The fourth-order valence-electron chi connectivity index (χ4n) is 1.95. The Balaban J connectivity index is 2.37. The average Bonchev–Trinajstić information content (AvgIpc) is 2.75. The lowest BCUT2D eigenvalue weighted by Gasteiger charge is -1.91. The molecule has 0 fully saturated rings. The van der Waals surface area contributed by atoms with Gasteiger partial charge >= 0.3 is 0 Å². The maximum atomic E-state index is 10.7. The first-order valence-corrected chi connectivity index (χ1v) is 5.20. The van der Waals surface area contributed by atoms with E-state index in [0.29, 0.717) is 16.7 Å². The van der Waals surface area contributed by atoms with Crippen LogP contribution in [0.15, 0.2) is 40.8 Å². The molecule has 0 amide bonds. The Kier molecular flexibility index (Phi) is 2.04. The normalized spacial score (nSPS) is 10.6. The van der Waals surface area contributed by atoms with Gasteiger partial charge in [0.15, 0.2) is 0 Å². The number of rotatable bonds is 1. The molecular formula is C13H6N2O3. The van der Waals surface area contributed by atoms with E-state index < -0.39 is 4.92 Å². The standard InChI is InChI=1S/C13H6N2O3/c14-7-8-1-4-12-11(5-8)10-3-2-9(15(16)17)6-13(10)18-12/h1-6H. The molecular weight excluding hydrogens is 232 g/mol. The number of nitro benzene ring substituents is 1.